The summed E-state index contributed by atoms with van der Waals surface area (Å²) in [4.78, 5) is 11.1. The number of rotatable bonds is 6. The predicted octanol–water partition coefficient (Wildman–Crippen LogP) is 0.412. The van der Waals surface area contributed by atoms with Gasteiger partial charge in [0.25, 0.3) is 0 Å². The van der Waals surface area contributed by atoms with Crippen molar-refractivity contribution in [3.63, 3.8) is 0 Å². The third-order valence-electron chi connectivity index (χ3n) is 2.05. The summed E-state index contributed by atoms with van der Waals surface area (Å²) in [5, 5.41) is 8.79. The smallest absolute Gasteiger partial charge is 0.345 e. The summed E-state index contributed by atoms with van der Waals surface area (Å²) >= 11 is 0.910. The molecule has 1 atom stereocenters. The molecule has 0 aromatic carbocycles. The lowest BCUT2D eigenvalue weighted by atomic mass is 10.4. The van der Waals surface area contributed by atoms with Gasteiger partial charge in [-0.15, -0.1) is 11.3 Å². The zero-order valence-electron chi connectivity index (χ0n) is 9.80. The van der Waals surface area contributed by atoms with E-state index in [9.17, 15) is 17.4 Å². The van der Waals surface area contributed by atoms with Crippen LogP contribution in [0.1, 0.15) is 14.5 Å². The molecule has 1 rings (SSSR count). The Morgan fingerprint density at radius 2 is 2.17 bits per heavy atom. The van der Waals surface area contributed by atoms with Crippen molar-refractivity contribution in [2.75, 3.05) is 18.6 Å². The van der Waals surface area contributed by atoms with E-state index < -0.39 is 26.8 Å². The Morgan fingerprint density at radius 3 is 2.61 bits per heavy atom. The predicted molar refractivity (Wildman–Crippen MR) is 70.1 cm³/mol. The molecule has 0 saturated heterocycles. The zero-order chi connectivity index (χ0) is 13.9. The van der Waals surface area contributed by atoms with Gasteiger partial charge in [0.15, 0.2) is 0 Å². The number of aryl methyl sites for hydroxylation is 1. The van der Waals surface area contributed by atoms with Crippen molar-refractivity contribution in [3.8, 4) is 0 Å². The van der Waals surface area contributed by atoms with Crippen molar-refractivity contribution in [3.05, 3.63) is 15.8 Å². The van der Waals surface area contributed by atoms with Crippen LogP contribution in [-0.2, 0) is 20.8 Å². The molecule has 1 unspecified atom stereocenters. The highest BCUT2D eigenvalue weighted by molar-refractivity contribution is 7.89. The van der Waals surface area contributed by atoms with Crippen molar-refractivity contribution in [2.24, 2.45) is 0 Å². The minimum atomic E-state index is -3.74. The molecule has 0 radical (unpaired) electrons. The molecule has 6 nitrogen and oxygen atoms in total. The zero-order valence-corrected chi connectivity index (χ0v) is 12.2. The lowest BCUT2D eigenvalue weighted by Gasteiger charge is -2.04. The Bertz CT molecular complexity index is 575. The van der Waals surface area contributed by atoms with Crippen LogP contribution in [0.2, 0.25) is 0 Å². The van der Waals surface area contributed by atoms with Gasteiger partial charge in [-0.2, -0.15) is 0 Å². The van der Waals surface area contributed by atoms with Crippen LogP contribution in [0.5, 0.6) is 0 Å². The fourth-order valence-corrected chi connectivity index (χ4v) is 4.21. The maximum Gasteiger partial charge on any atom is 0.345 e. The molecule has 0 amide bonds. The molecule has 1 aromatic heterocycles. The van der Waals surface area contributed by atoms with E-state index in [4.69, 9.17) is 5.11 Å². The van der Waals surface area contributed by atoms with E-state index in [0.29, 0.717) is 4.88 Å². The third-order valence-corrected chi connectivity index (χ3v) is 5.59. The maximum atomic E-state index is 11.9. The summed E-state index contributed by atoms with van der Waals surface area (Å²) in [5.74, 6) is -0.937. The normalized spacial score (nSPS) is 13.4. The van der Waals surface area contributed by atoms with Crippen LogP contribution in [0.25, 0.3) is 0 Å². The molecule has 0 aliphatic heterocycles. The number of aromatic carboxylic acids is 1. The summed E-state index contributed by atoms with van der Waals surface area (Å²) < 4.78 is 36.9. The second-order valence-electron chi connectivity index (χ2n) is 3.51. The van der Waals surface area contributed by atoms with Crippen molar-refractivity contribution in [1.82, 2.24) is 4.72 Å². The summed E-state index contributed by atoms with van der Waals surface area (Å²) in [5.41, 5.74) is 0. The van der Waals surface area contributed by atoms with Crippen molar-refractivity contribution < 1.29 is 22.5 Å². The van der Waals surface area contributed by atoms with Gasteiger partial charge in [-0.25, -0.2) is 17.9 Å². The second kappa shape index (κ2) is 5.91. The first-order valence-corrected chi connectivity index (χ1v) is 8.90. The van der Waals surface area contributed by atoms with E-state index in [1.807, 2.05) is 0 Å². The number of hydrogen-bond acceptors (Lipinski definition) is 5. The van der Waals surface area contributed by atoms with E-state index in [1.165, 1.54) is 6.26 Å². The Kier molecular flexibility index (Phi) is 5.02. The molecule has 0 saturated carbocycles. The van der Waals surface area contributed by atoms with Gasteiger partial charge in [0.1, 0.15) is 4.88 Å². The summed E-state index contributed by atoms with van der Waals surface area (Å²) in [6.07, 6.45) is 1.48. The van der Waals surface area contributed by atoms with Crippen molar-refractivity contribution in [1.29, 1.82) is 0 Å². The SMILES string of the molecule is Cc1sc(C(=O)O)cc1S(=O)(=O)NCCS(C)=O. The van der Waals surface area contributed by atoms with Crippen LogP contribution in [0, 0.1) is 6.92 Å². The van der Waals surface area contributed by atoms with Crippen LogP contribution < -0.4 is 4.72 Å². The van der Waals surface area contributed by atoms with Gasteiger partial charge in [0.2, 0.25) is 10.0 Å². The number of hydrogen-bond donors (Lipinski definition) is 2. The van der Waals surface area contributed by atoms with Gasteiger partial charge in [0.05, 0.1) is 4.90 Å². The van der Waals surface area contributed by atoms with Crippen molar-refractivity contribution in [2.45, 2.75) is 11.8 Å². The number of carboxylic acids is 1. The summed E-state index contributed by atoms with van der Waals surface area (Å²) in [6.45, 7) is 1.60. The average Bonchev–Trinajstić information content (AvgIpc) is 2.60. The average molecular weight is 311 g/mol. The molecular weight excluding hydrogens is 298 g/mol. The highest BCUT2D eigenvalue weighted by Crippen LogP contribution is 2.25. The fourth-order valence-electron chi connectivity index (χ4n) is 1.24. The van der Waals surface area contributed by atoms with E-state index in [-0.39, 0.29) is 22.1 Å². The standard InChI is InChI=1S/C9H13NO5S3/c1-6-8(5-7(16-6)9(11)12)18(14,15)10-3-4-17(2)13/h5,10H,3-4H2,1-2H3,(H,11,12). The highest BCUT2D eigenvalue weighted by Gasteiger charge is 2.21. The molecule has 0 aliphatic carbocycles. The maximum absolute atomic E-state index is 11.9. The molecule has 102 valence electrons. The van der Waals surface area contributed by atoms with Crippen LogP contribution in [0.15, 0.2) is 11.0 Å². The van der Waals surface area contributed by atoms with E-state index in [2.05, 4.69) is 4.72 Å². The molecule has 1 heterocycles. The van der Waals surface area contributed by atoms with Crippen LogP contribution in [0.3, 0.4) is 0 Å². The quantitative estimate of drug-likeness (QED) is 0.792. The first kappa shape index (κ1) is 15.3. The minimum absolute atomic E-state index is 0.0213. The number of thiophene rings is 1. The Morgan fingerprint density at radius 1 is 1.56 bits per heavy atom. The molecule has 9 heteroatoms. The first-order chi connectivity index (χ1) is 8.24. The number of sulfonamides is 1. The third kappa shape index (κ3) is 3.87. The largest absolute Gasteiger partial charge is 0.477 e. The number of nitrogens with one attached hydrogen (secondary N) is 1. The van der Waals surface area contributed by atoms with Gasteiger partial charge >= 0.3 is 5.97 Å². The Labute approximate surface area is 112 Å². The Balaban J connectivity index is 2.91. The van der Waals surface area contributed by atoms with Crippen LogP contribution >= 0.6 is 11.3 Å². The molecule has 2 N–H and O–H groups in total. The lowest BCUT2D eigenvalue weighted by Crippen LogP contribution is -2.27. The van der Waals surface area contributed by atoms with E-state index in [1.54, 1.807) is 6.92 Å². The molecule has 0 fully saturated rings. The molecule has 18 heavy (non-hydrogen) atoms. The molecular formula is C9H13NO5S3. The van der Waals surface area contributed by atoms with E-state index >= 15 is 0 Å². The molecule has 1 aromatic rings. The summed E-state index contributed by atoms with van der Waals surface area (Å²) in [7, 11) is -4.82. The monoisotopic (exact) mass is 311 g/mol. The van der Waals surface area contributed by atoms with Crippen LogP contribution in [0.4, 0.5) is 0 Å². The van der Waals surface area contributed by atoms with Gasteiger partial charge < -0.3 is 5.11 Å². The first-order valence-electron chi connectivity index (χ1n) is 4.87. The molecule has 0 aliphatic rings. The fraction of sp³-hybridized carbons (Fsp3) is 0.444. The number of carbonyl (C=O) groups is 1. The number of carboxylic acid groups (broad SMARTS) is 1. The van der Waals surface area contributed by atoms with E-state index in [0.717, 1.165) is 17.4 Å². The molecule has 0 spiro atoms. The second-order valence-corrected chi connectivity index (χ2v) is 8.06. The van der Waals surface area contributed by atoms with Gasteiger partial charge in [-0.3, -0.25) is 4.21 Å². The van der Waals surface area contributed by atoms with Crippen LogP contribution in [-0.4, -0.2) is 42.3 Å². The molecule has 0 bridgehead atoms. The van der Waals surface area contributed by atoms with Gasteiger partial charge in [0, 0.05) is 34.2 Å². The topological polar surface area (TPSA) is 101 Å². The lowest BCUT2D eigenvalue weighted by molar-refractivity contribution is 0.0702. The highest BCUT2D eigenvalue weighted by atomic mass is 32.2. The Hall–Kier alpha value is -0.770. The summed E-state index contributed by atoms with van der Waals surface area (Å²) in [6, 6.07) is 1.13. The van der Waals surface area contributed by atoms with Gasteiger partial charge in [-0.1, -0.05) is 0 Å². The van der Waals surface area contributed by atoms with Gasteiger partial charge in [-0.05, 0) is 13.0 Å². The minimum Gasteiger partial charge on any atom is -0.477 e. The van der Waals surface area contributed by atoms with Crippen molar-refractivity contribution >= 4 is 38.1 Å².